The Bertz CT molecular complexity index is 444. The molecule has 0 radical (unpaired) electrons. The van der Waals surface area contributed by atoms with Gasteiger partial charge in [-0.05, 0) is 21.5 Å². The van der Waals surface area contributed by atoms with Crippen LogP contribution < -0.4 is 0 Å². The van der Waals surface area contributed by atoms with E-state index in [9.17, 15) is 13.5 Å². The maximum absolute atomic E-state index is 11.7. The average molecular weight is 328 g/mol. The maximum atomic E-state index is 11.7. The van der Waals surface area contributed by atoms with Gasteiger partial charge in [-0.3, -0.25) is 0 Å². The summed E-state index contributed by atoms with van der Waals surface area (Å²) in [5.74, 6) is -0.147. The van der Waals surface area contributed by atoms with E-state index >= 15 is 0 Å². The van der Waals surface area contributed by atoms with Crippen LogP contribution in [-0.4, -0.2) is 22.4 Å². The molecule has 2 atom stereocenters. The first kappa shape index (κ1) is 14.0. The lowest BCUT2D eigenvalue weighted by atomic mass is 10.1. The normalized spacial score (nSPS) is 17.8. The third kappa shape index (κ3) is 2.59. The molecule has 0 aliphatic rings. The highest BCUT2D eigenvalue weighted by Gasteiger charge is 2.45. The van der Waals surface area contributed by atoms with Crippen molar-refractivity contribution in [1.82, 2.24) is 0 Å². The van der Waals surface area contributed by atoms with Crippen LogP contribution in [0.5, 0.6) is 0 Å². The quantitative estimate of drug-likeness (QED) is 0.864. The first-order valence-corrected chi connectivity index (χ1v) is 7.48. The van der Waals surface area contributed by atoms with Crippen LogP contribution in [0.25, 0.3) is 0 Å². The van der Waals surface area contributed by atoms with Crippen LogP contribution in [0.2, 0.25) is 0 Å². The molecule has 6 heteroatoms. The molecule has 1 rings (SSSR count). The summed E-state index contributed by atoms with van der Waals surface area (Å²) in [5.41, 5.74) is 0.450. The summed E-state index contributed by atoms with van der Waals surface area (Å²) in [6.07, 6.45) is -1.32. The highest BCUT2D eigenvalue weighted by atomic mass is 79.9. The van der Waals surface area contributed by atoms with Crippen molar-refractivity contribution in [2.24, 2.45) is 0 Å². The lowest BCUT2D eigenvalue weighted by Gasteiger charge is -2.25. The van der Waals surface area contributed by atoms with Gasteiger partial charge in [-0.1, -0.05) is 48.9 Å². The van der Waals surface area contributed by atoms with E-state index < -0.39 is 19.1 Å². The van der Waals surface area contributed by atoms with E-state index in [0.29, 0.717) is 5.56 Å². The van der Waals surface area contributed by atoms with Crippen molar-refractivity contribution in [3.63, 3.8) is 0 Å². The Hall–Kier alpha value is -0.100. The third-order valence-corrected chi connectivity index (χ3v) is 6.87. The Morgan fingerprint density at radius 2 is 1.94 bits per heavy atom. The molecule has 16 heavy (non-hydrogen) atoms. The monoisotopic (exact) mass is 326 g/mol. The topological polar surface area (TPSA) is 54.4 Å². The van der Waals surface area contributed by atoms with Crippen molar-refractivity contribution in [3.05, 3.63) is 35.9 Å². The van der Waals surface area contributed by atoms with Gasteiger partial charge in [0.15, 0.2) is 9.84 Å². The zero-order chi connectivity index (χ0) is 12.4. The van der Waals surface area contributed by atoms with Gasteiger partial charge in [-0.2, -0.15) is 0 Å². The predicted octanol–water partition coefficient (Wildman–Crippen LogP) is 2.44. The third-order valence-electron chi connectivity index (χ3n) is 2.23. The molecule has 2 unspecified atom stereocenters. The number of hydrogen-bond donors (Lipinski definition) is 1. The molecule has 0 saturated heterocycles. The maximum Gasteiger partial charge on any atom is 0.229 e. The molecule has 0 aliphatic heterocycles. The number of aliphatic hydroxyl groups is 1. The second kappa shape index (κ2) is 5.04. The van der Waals surface area contributed by atoms with Crippen molar-refractivity contribution in [3.8, 4) is 0 Å². The van der Waals surface area contributed by atoms with Crippen molar-refractivity contribution >= 4 is 37.4 Å². The van der Waals surface area contributed by atoms with Gasteiger partial charge < -0.3 is 5.11 Å². The molecule has 3 nitrogen and oxygen atoms in total. The Balaban J connectivity index is 3.11. The van der Waals surface area contributed by atoms with Gasteiger partial charge in [0.2, 0.25) is 3.12 Å². The minimum Gasteiger partial charge on any atom is -0.385 e. The summed E-state index contributed by atoms with van der Waals surface area (Å²) in [6, 6.07) is 8.42. The lowest BCUT2D eigenvalue weighted by Crippen LogP contribution is -2.34. The van der Waals surface area contributed by atoms with E-state index in [1.54, 1.807) is 30.3 Å². The molecule has 0 aromatic heterocycles. The molecule has 0 aliphatic carbocycles. The van der Waals surface area contributed by atoms with Crippen molar-refractivity contribution in [2.75, 3.05) is 5.75 Å². The van der Waals surface area contributed by atoms with Crippen LogP contribution in [0.15, 0.2) is 30.3 Å². The van der Waals surface area contributed by atoms with Crippen molar-refractivity contribution in [1.29, 1.82) is 0 Å². The minimum atomic E-state index is -3.61. The zero-order valence-electron chi connectivity index (χ0n) is 8.60. The van der Waals surface area contributed by atoms with Crippen LogP contribution in [0.3, 0.4) is 0 Å². The molecule has 0 saturated carbocycles. The van der Waals surface area contributed by atoms with E-state index in [-0.39, 0.29) is 5.75 Å². The number of sulfone groups is 1. The van der Waals surface area contributed by atoms with Gasteiger partial charge >= 0.3 is 0 Å². The largest absolute Gasteiger partial charge is 0.385 e. The zero-order valence-corrected chi connectivity index (χ0v) is 11.8. The number of hydrogen-bond acceptors (Lipinski definition) is 3. The average Bonchev–Trinajstić information content (AvgIpc) is 2.29. The van der Waals surface area contributed by atoms with Crippen LogP contribution in [-0.2, 0) is 9.84 Å². The number of aliphatic hydroxyl groups excluding tert-OH is 1. The van der Waals surface area contributed by atoms with Gasteiger partial charge in [0.1, 0.15) is 6.10 Å². The van der Waals surface area contributed by atoms with Crippen LogP contribution in [0.1, 0.15) is 18.6 Å². The van der Waals surface area contributed by atoms with E-state index in [1.807, 2.05) is 0 Å². The summed E-state index contributed by atoms with van der Waals surface area (Å²) in [5, 5.41) is 9.96. The molecule has 1 N–H and O–H groups in total. The molecule has 90 valence electrons. The Labute approximate surface area is 108 Å². The molecular formula is C10H12BrClO3S. The SMILES string of the molecule is CCS(=O)(=O)C(Cl)(Br)C(O)c1ccccc1. The lowest BCUT2D eigenvalue weighted by molar-refractivity contribution is 0.185. The standard InChI is InChI=1S/C10H12BrClO3S/c1-2-16(14,15)10(11,12)9(13)8-6-4-3-5-7-8/h3-7,9,13H,2H2,1H3. The van der Waals surface area contributed by atoms with Gasteiger partial charge in [-0.25, -0.2) is 8.42 Å². The fourth-order valence-corrected chi connectivity index (χ4v) is 3.46. The highest BCUT2D eigenvalue weighted by molar-refractivity contribution is 9.12. The molecule has 0 spiro atoms. The second-order valence-electron chi connectivity index (χ2n) is 3.28. The van der Waals surface area contributed by atoms with Gasteiger partial charge in [-0.15, -0.1) is 0 Å². The second-order valence-corrected chi connectivity index (χ2v) is 8.78. The predicted molar refractivity (Wildman–Crippen MR) is 68.4 cm³/mol. The van der Waals surface area contributed by atoms with Crippen LogP contribution >= 0.6 is 27.5 Å². The van der Waals surface area contributed by atoms with E-state index in [4.69, 9.17) is 11.6 Å². The van der Waals surface area contributed by atoms with E-state index in [2.05, 4.69) is 15.9 Å². The molecule has 0 fully saturated rings. The molecule has 0 amide bonds. The summed E-state index contributed by atoms with van der Waals surface area (Å²) in [6.45, 7) is 1.48. The summed E-state index contributed by atoms with van der Waals surface area (Å²) >= 11 is 8.79. The molecular weight excluding hydrogens is 316 g/mol. The number of rotatable bonds is 4. The number of benzene rings is 1. The summed E-state index contributed by atoms with van der Waals surface area (Å²) in [4.78, 5) is 0. The summed E-state index contributed by atoms with van der Waals surface area (Å²) in [7, 11) is -3.61. The first-order valence-electron chi connectivity index (χ1n) is 4.66. The Kier molecular flexibility index (Phi) is 4.40. The van der Waals surface area contributed by atoms with E-state index in [0.717, 1.165) is 0 Å². The fourth-order valence-electron chi connectivity index (χ4n) is 1.19. The van der Waals surface area contributed by atoms with Crippen LogP contribution in [0, 0.1) is 0 Å². The molecule has 1 aromatic rings. The molecule has 0 heterocycles. The van der Waals surface area contributed by atoms with Gasteiger partial charge in [0, 0.05) is 0 Å². The molecule has 1 aromatic carbocycles. The Morgan fingerprint density at radius 3 is 2.38 bits per heavy atom. The Morgan fingerprint density at radius 1 is 1.44 bits per heavy atom. The minimum absolute atomic E-state index is 0.147. The van der Waals surface area contributed by atoms with Crippen molar-refractivity contribution in [2.45, 2.75) is 16.1 Å². The number of halogens is 2. The van der Waals surface area contributed by atoms with Crippen LogP contribution in [0.4, 0.5) is 0 Å². The fraction of sp³-hybridized carbons (Fsp3) is 0.400. The van der Waals surface area contributed by atoms with Gasteiger partial charge in [0.05, 0.1) is 5.75 Å². The summed E-state index contributed by atoms with van der Waals surface area (Å²) < 4.78 is 21.5. The van der Waals surface area contributed by atoms with Gasteiger partial charge in [0.25, 0.3) is 0 Å². The smallest absolute Gasteiger partial charge is 0.229 e. The van der Waals surface area contributed by atoms with Crippen molar-refractivity contribution < 1.29 is 13.5 Å². The highest BCUT2D eigenvalue weighted by Crippen LogP contribution is 2.42. The van der Waals surface area contributed by atoms with E-state index in [1.165, 1.54) is 6.92 Å². The first-order chi connectivity index (χ1) is 7.33. The number of alkyl halides is 2. The molecule has 0 bridgehead atoms.